The molecule has 2 nitrogen and oxygen atoms in total. The predicted molar refractivity (Wildman–Crippen MR) is 65.2 cm³/mol. The quantitative estimate of drug-likeness (QED) is 0.693. The molecule has 0 radical (unpaired) electrons. The Labute approximate surface area is 97.2 Å². The first-order valence-electron chi connectivity index (χ1n) is 5.96. The summed E-state index contributed by atoms with van der Waals surface area (Å²) in [5.41, 5.74) is 1.36. The van der Waals surface area contributed by atoms with Crippen molar-refractivity contribution in [2.45, 2.75) is 33.4 Å². The fraction of sp³-hybridized carbons (Fsp3) is 0.357. The summed E-state index contributed by atoms with van der Waals surface area (Å²) < 4.78 is 4.64. The zero-order valence-electron chi connectivity index (χ0n) is 10.1. The molecular weight excluding hydrogens is 196 g/mol. The Bertz CT molecular complexity index is 443. The third kappa shape index (κ3) is 2.16. The maximum Gasteiger partial charge on any atom is 0.256 e. The molecule has 0 atom stereocenters. The summed E-state index contributed by atoms with van der Waals surface area (Å²) in [5.74, 6) is 1.39. The van der Waals surface area contributed by atoms with Crippen molar-refractivity contribution in [1.82, 2.24) is 4.57 Å². The summed E-state index contributed by atoms with van der Waals surface area (Å²) in [4.78, 5) is 0. The van der Waals surface area contributed by atoms with Crippen molar-refractivity contribution in [2.24, 2.45) is 0 Å². The molecule has 1 aromatic carbocycles. The van der Waals surface area contributed by atoms with Gasteiger partial charge in [-0.15, -0.1) is 0 Å². The number of rotatable bonds is 4. The molecule has 0 amide bonds. The van der Waals surface area contributed by atoms with E-state index in [0.717, 1.165) is 19.5 Å². The normalized spacial score (nSPS) is 10.6. The fourth-order valence-corrected chi connectivity index (χ4v) is 2.12. The van der Waals surface area contributed by atoms with Crippen LogP contribution in [-0.2, 0) is 19.5 Å². The molecule has 2 heteroatoms. The lowest BCUT2D eigenvalue weighted by Crippen LogP contribution is -2.37. The van der Waals surface area contributed by atoms with Gasteiger partial charge in [0.15, 0.2) is 0 Å². The van der Waals surface area contributed by atoms with E-state index in [4.69, 9.17) is 0 Å². The maximum absolute atomic E-state index is 2.33. The van der Waals surface area contributed by atoms with Crippen LogP contribution in [0, 0.1) is 0 Å². The molecule has 1 aromatic heterocycles. The molecule has 84 valence electrons. The number of hydrogen-bond acceptors (Lipinski definition) is 0. The van der Waals surface area contributed by atoms with Crippen molar-refractivity contribution >= 4 is 0 Å². The van der Waals surface area contributed by atoms with Gasteiger partial charge in [-0.1, -0.05) is 37.3 Å². The molecule has 2 aromatic rings. The summed E-state index contributed by atoms with van der Waals surface area (Å²) in [6, 6.07) is 10.6. The van der Waals surface area contributed by atoms with Crippen molar-refractivity contribution in [3.05, 3.63) is 54.1 Å². The Hall–Kier alpha value is -1.57. The van der Waals surface area contributed by atoms with Gasteiger partial charge in [-0.25, -0.2) is 9.13 Å². The average molecular weight is 215 g/mol. The third-order valence-corrected chi connectivity index (χ3v) is 2.94. The molecular formula is C14H19N2+. The summed E-state index contributed by atoms with van der Waals surface area (Å²) in [7, 11) is 0. The Kier molecular flexibility index (Phi) is 3.40. The van der Waals surface area contributed by atoms with Crippen molar-refractivity contribution in [3.63, 3.8) is 0 Å². The summed E-state index contributed by atoms with van der Waals surface area (Å²) in [5, 5.41) is 0. The monoisotopic (exact) mass is 215 g/mol. The predicted octanol–water partition coefficient (Wildman–Crippen LogP) is 2.41. The van der Waals surface area contributed by atoms with Gasteiger partial charge < -0.3 is 0 Å². The van der Waals surface area contributed by atoms with Crippen LogP contribution in [0.5, 0.6) is 0 Å². The van der Waals surface area contributed by atoms with Gasteiger partial charge in [0.25, 0.3) is 5.82 Å². The molecule has 0 fully saturated rings. The van der Waals surface area contributed by atoms with Crippen LogP contribution in [0.15, 0.2) is 42.7 Å². The standard InChI is InChI=1S/C14H19N2/c1-3-14-15(4-2)10-11-16(14)12-13-8-6-5-7-9-13/h5-11H,3-4,12H2,1-2H3/q+1. The smallest absolute Gasteiger partial charge is 0.235 e. The molecule has 0 spiro atoms. The highest BCUT2D eigenvalue weighted by molar-refractivity contribution is 5.13. The second-order valence-corrected chi connectivity index (χ2v) is 3.97. The Morgan fingerprint density at radius 1 is 1.12 bits per heavy atom. The lowest BCUT2D eigenvalue weighted by molar-refractivity contribution is -0.695. The molecule has 0 saturated heterocycles. The molecule has 0 aliphatic heterocycles. The summed E-state index contributed by atoms with van der Waals surface area (Å²) >= 11 is 0. The molecule has 1 heterocycles. The van der Waals surface area contributed by atoms with Gasteiger partial charge in [0, 0.05) is 6.42 Å². The van der Waals surface area contributed by atoms with Crippen LogP contribution in [0.3, 0.4) is 0 Å². The van der Waals surface area contributed by atoms with E-state index in [2.05, 4.69) is 65.7 Å². The van der Waals surface area contributed by atoms with Crippen molar-refractivity contribution in [3.8, 4) is 0 Å². The van der Waals surface area contributed by atoms with Gasteiger partial charge >= 0.3 is 0 Å². The van der Waals surface area contributed by atoms with Crippen LogP contribution in [0.1, 0.15) is 25.2 Å². The first-order chi connectivity index (χ1) is 7.85. The van der Waals surface area contributed by atoms with Crippen LogP contribution >= 0.6 is 0 Å². The van der Waals surface area contributed by atoms with Gasteiger partial charge in [-0.05, 0) is 12.5 Å². The average Bonchev–Trinajstić information content (AvgIpc) is 2.72. The van der Waals surface area contributed by atoms with Gasteiger partial charge in [0.1, 0.15) is 18.9 Å². The molecule has 0 aliphatic rings. The van der Waals surface area contributed by atoms with Crippen molar-refractivity contribution in [2.75, 3.05) is 0 Å². The number of hydrogen-bond donors (Lipinski definition) is 0. The lowest BCUT2D eigenvalue weighted by atomic mass is 10.2. The fourth-order valence-electron chi connectivity index (χ4n) is 2.12. The minimum absolute atomic E-state index is 0.969. The number of benzene rings is 1. The van der Waals surface area contributed by atoms with E-state index in [1.165, 1.54) is 11.4 Å². The largest absolute Gasteiger partial charge is 0.256 e. The van der Waals surface area contributed by atoms with Crippen LogP contribution in [0.25, 0.3) is 0 Å². The second kappa shape index (κ2) is 4.97. The number of imidazole rings is 1. The summed E-state index contributed by atoms with van der Waals surface area (Å²) in [6.07, 6.45) is 5.42. The molecule has 0 saturated carbocycles. The lowest BCUT2D eigenvalue weighted by Gasteiger charge is -2.02. The first-order valence-corrected chi connectivity index (χ1v) is 5.96. The molecule has 0 aliphatic carbocycles. The van der Waals surface area contributed by atoms with Crippen LogP contribution in [-0.4, -0.2) is 4.57 Å². The van der Waals surface area contributed by atoms with Gasteiger partial charge in [0.2, 0.25) is 0 Å². The minimum Gasteiger partial charge on any atom is -0.235 e. The van der Waals surface area contributed by atoms with Crippen molar-refractivity contribution in [1.29, 1.82) is 0 Å². The van der Waals surface area contributed by atoms with E-state index in [0.29, 0.717) is 0 Å². The van der Waals surface area contributed by atoms with E-state index in [1.807, 2.05) is 0 Å². The van der Waals surface area contributed by atoms with E-state index in [-0.39, 0.29) is 0 Å². The van der Waals surface area contributed by atoms with E-state index in [1.54, 1.807) is 0 Å². The van der Waals surface area contributed by atoms with Crippen LogP contribution in [0.2, 0.25) is 0 Å². The van der Waals surface area contributed by atoms with Crippen molar-refractivity contribution < 1.29 is 4.57 Å². The Morgan fingerprint density at radius 3 is 2.50 bits per heavy atom. The Balaban J connectivity index is 2.25. The van der Waals surface area contributed by atoms with Crippen LogP contribution in [0.4, 0.5) is 0 Å². The zero-order chi connectivity index (χ0) is 11.4. The van der Waals surface area contributed by atoms with Gasteiger partial charge in [-0.2, -0.15) is 0 Å². The van der Waals surface area contributed by atoms with E-state index < -0.39 is 0 Å². The minimum atomic E-state index is 0.969. The molecule has 2 rings (SSSR count). The first kappa shape index (κ1) is 10.9. The van der Waals surface area contributed by atoms with Gasteiger partial charge in [0.05, 0.1) is 6.54 Å². The van der Waals surface area contributed by atoms with Gasteiger partial charge in [-0.3, -0.25) is 0 Å². The third-order valence-electron chi connectivity index (χ3n) is 2.94. The number of aryl methyl sites for hydroxylation is 1. The Morgan fingerprint density at radius 2 is 1.88 bits per heavy atom. The zero-order valence-corrected chi connectivity index (χ0v) is 10.1. The topological polar surface area (TPSA) is 8.81 Å². The number of aromatic nitrogens is 2. The molecule has 0 N–H and O–H groups in total. The molecule has 16 heavy (non-hydrogen) atoms. The van der Waals surface area contributed by atoms with E-state index >= 15 is 0 Å². The number of nitrogens with zero attached hydrogens (tertiary/aromatic N) is 2. The SMILES string of the molecule is CCc1n(CC)cc[n+]1Cc1ccccc1. The highest BCUT2D eigenvalue weighted by atomic mass is 15.1. The molecule has 0 bridgehead atoms. The maximum atomic E-state index is 2.33. The van der Waals surface area contributed by atoms with E-state index in [9.17, 15) is 0 Å². The van der Waals surface area contributed by atoms with Crippen LogP contribution < -0.4 is 4.57 Å². The summed E-state index contributed by atoms with van der Waals surface area (Å²) in [6.45, 7) is 6.41. The second-order valence-electron chi connectivity index (χ2n) is 3.97. The molecule has 0 unspecified atom stereocenters. The highest BCUT2D eigenvalue weighted by Crippen LogP contribution is 2.01. The highest BCUT2D eigenvalue weighted by Gasteiger charge is 2.13.